The number of halogens is 1. The van der Waals surface area contributed by atoms with E-state index in [1.165, 1.54) is 44.5 Å². The summed E-state index contributed by atoms with van der Waals surface area (Å²) in [6.07, 6.45) is 0. The van der Waals surface area contributed by atoms with Gasteiger partial charge in [-0.1, -0.05) is 0 Å². The van der Waals surface area contributed by atoms with E-state index in [9.17, 15) is 0 Å². The minimum absolute atomic E-state index is 0. The van der Waals surface area contributed by atoms with E-state index in [1.807, 2.05) is 0 Å². The monoisotopic (exact) mass is 246 g/mol. The summed E-state index contributed by atoms with van der Waals surface area (Å²) in [4.78, 5) is 7.57. The van der Waals surface area contributed by atoms with Gasteiger partial charge in [-0.25, -0.2) is 14.7 Å². The lowest BCUT2D eigenvalue weighted by molar-refractivity contribution is -0.963. The summed E-state index contributed by atoms with van der Waals surface area (Å²) in [6, 6.07) is 0. The third-order valence-corrected chi connectivity index (χ3v) is 2.82. The van der Waals surface area contributed by atoms with Crippen LogP contribution in [0.1, 0.15) is 0 Å². The Morgan fingerprint density at radius 3 is 1.12 bits per heavy atom. The van der Waals surface area contributed by atoms with E-state index in [-0.39, 0.29) is 26.6 Å². The molecule has 4 bridgehead atoms. The molecule has 102 valence electrons. The van der Waals surface area contributed by atoms with Crippen LogP contribution in [0.3, 0.4) is 0 Å². The number of hydrogen-bond acceptors (Lipinski definition) is 3. The molecule has 0 radical (unpaired) electrons. The van der Waals surface area contributed by atoms with Crippen molar-refractivity contribution in [2.24, 2.45) is 0 Å². The number of nitrogens with zero attached hydrogens (tertiary/aromatic N) is 4. The molecular formula is C7H23FN4O4. The average molecular weight is 246 g/mol. The van der Waals surface area contributed by atoms with Gasteiger partial charge in [0.05, 0.1) is 27.1 Å². The van der Waals surface area contributed by atoms with Crippen LogP contribution in [0.2, 0.25) is 0 Å². The minimum Gasteiger partial charge on any atom is -1.00 e. The Morgan fingerprint density at radius 2 is 0.938 bits per heavy atom. The molecule has 4 aliphatic rings. The third kappa shape index (κ3) is 3.06. The SMILES string of the molecule is C[N+]12CN3CN(CN(C3)C1)C2.O.O.O.O.[F-]. The summed E-state index contributed by atoms with van der Waals surface area (Å²) in [7, 11) is 2.35. The molecular weight excluding hydrogens is 223 g/mol. The highest BCUT2D eigenvalue weighted by Crippen LogP contribution is 2.25. The highest BCUT2D eigenvalue weighted by molar-refractivity contribution is 4.72. The first-order valence-corrected chi connectivity index (χ1v) is 4.24. The van der Waals surface area contributed by atoms with Crippen LogP contribution >= 0.6 is 0 Å². The van der Waals surface area contributed by atoms with E-state index in [4.69, 9.17) is 0 Å². The van der Waals surface area contributed by atoms with Gasteiger partial charge in [-0.2, -0.15) is 0 Å². The molecule has 0 aliphatic carbocycles. The molecule has 0 aromatic heterocycles. The van der Waals surface area contributed by atoms with E-state index in [2.05, 4.69) is 21.7 Å². The highest BCUT2D eigenvalue weighted by atomic mass is 19.0. The van der Waals surface area contributed by atoms with Gasteiger partial charge < -0.3 is 26.6 Å². The van der Waals surface area contributed by atoms with Gasteiger partial charge in [0, 0.05) is 0 Å². The lowest BCUT2D eigenvalue weighted by atomic mass is 10.3. The average Bonchev–Trinajstić information content (AvgIpc) is 1.79. The minimum atomic E-state index is 0. The maximum absolute atomic E-state index is 2.52. The van der Waals surface area contributed by atoms with Crippen LogP contribution < -0.4 is 4.70 Å². The van der Waals surface area contributed by atoms with E-state index in [0.29, 0.717) is 0 Å². The number of hydrogen-bond donors (Lipinski definition) is 0. The van der Waals surface area contributed by atoms with Crippen LogP contribution in [0.4, 0.5) is 0 Å². The summed E-state index contributed by atoms with van der Waals surface area (Å²) < 4.78 is 1.21. The molecule has 0 aromatic rings. The summed E-state index contributed by atoms with van der Waals surface area (Å²) in [6.45, 7) is 7.37. The van der Waals surface area contributed by atoms with E-state index in [0.717, 1.165) is 0 Å². The van der Waals surface area contributed by atoms with Gasteiger partial charge in [0.25, 0.3) is 0 Å². The fourth-order valence-corrected chi connectivity index (χ4v) is 2.83. The molecule has 0 saturated carbocycles. The summed E-state index contributed by atoms with van der Waals surface area (Å²) in [5, 5.41) is 0. The van der Waals surface area contributed by atoms with Gasteiger partial charge in [-0.3, -0.25) is 4.48 Å². The summed E-state index contributed by atoms with van der Waals surface area (Å²) >= 11 is 0. The van der Waals surface area contributed by atoms with Crippen molar-refractivity contribution < 1.29 is 31.1 Å². The van der Waals surface area contributed by atoms with Gasteiger partial charge in [0.1, 0.15) is 20.0 Å². The summed E-state index contributed by atoms with van der Waals surface area (Å²) in [5.74, 6) is 0. The van der Waals surface area contributed by atoms with E-state index < -0.39 is 0 Å². The standard InChI is InChI=1S/C7H15N4.FH.4H2O/c1-11-5-8-2-9(6-11)4-10(3-8)7-11;;;;;/h2-7H2,1H3;1H;4*1H2/q+1;;;;;/p-1. The zero-order valence-corrected chi connectivity index (χ0v) is 9.41. The van der Waals surface area contributed by atoms with Crippen molar-refractivity contribution in [2.75, 3.05) is 47.1 Å². The Bertz CT molecular complexity index is 174. The Hall–Kier alpha value is -0.390. The Labute approximate surface area is 93.8 Å². The van der Waals surface area contributed by atoms with Crippen LogP contribution in [0.25, 0.3) is 0 Å². The molecule has 8 N–H and O–H groups in total. The molecule has 4 heterocycles. The second-order valence-electron chi connectivity index (χ2n) is 4.48. The lowest BCUT2D eigenvalue weighted by Gasteiger charge is -2.59. The predicted molar refractivity (Wildman–Crippen MR) is 55.4 cm³/mol. The maximum atomic E-state index is 2.52. The van der Waals surface area contributed by atoms with Crippen LogP contribution in [0.15, 0.2) is 0 Å². The molecule has 4 aliphatic heterocycles. The van der Waals surface area contributed by atoms with Gasteiger partial charge in [-0.05, 0) is 0 Å². The quantitative estimate of drug-likeness (QED) is 0.393. The molecule has 0 amide bonds. The third-order valence-electron chi connectivity index (χ3n) is 2.82. The van der Waals surface area contributed by atoms with E-state index >= 15 is 0 Å². The lowest BCUT2D eigenvalue weighted by Crippen LogP contribution is -3.00. The van der Waals surface area contributed by atoms with Gasteiger partial charge in [-0.15, -0.1) is 0 Å². The molecule has 0 unspecified atom stereocenters. The van der Waals surface area contributed by atoms with Gasteiger partial charge >= 0.3 is 0 Å². The molecule has 8 nitrogen and oxygen atoms in total. The van der Waals surface area contributed by atoms with Crippen molar-refractivity contribution in [3.8, 4) is 0 Å². The first-order valence-electron chi connectivity index (χ1n) is 4.24. The molecule has 4 saturated heterocycles. The Kier molecular flexibility index (Phi) is 8.34. The van der Waals surface area contributed by atoms with Crippen molar-refractivity contribution in [3.05, 3.63) is 0 Å². The highest BCUT2D eigenvalue weighted by Gasteiger charge is 2.45. The number of rotatable bonds is 0. The first kappa shape index (κ1) is 21.0. The molecule has 4 rings (SSSR count). The van der Waals surface area contributed by atoms with Crippen LogP contribution in [0, 0.1) is 0 Å². The second kappa shape index (κ2) is 6.37. The molecule has 9 heteroatoms. The maximum Gasteiger partial charge on any atom is 0.139 e. The van der Waals surface area contributed by atoms with Crippen LogP contribution in [-0.4, -0.2) is 88.1 Å². The topological polar surface area (TPSA) is 136 Å². The normalized spacial score (nSPS) is 41.4. The van der Waals surface area contributed by atoms with Crippen molar-refractivity contribution in [3.63, 3.8) is 0 Å². The largest absolute Gasteiger partial charge is 1.00 e. The zero-order valence-electron chi connectivity index (χ0n) is 9.41. The van der Waals surface area contributed by atoms with E-state index in [1.54, 1.807) is 0 Å². The van der Waals surface area contributed by atoms with Crippen LogP contribution in [-0.2, 0) is 0 Å². The van der Waals surface area contributed by atoms with Crippen LogP contribution in [0.5, 0.6) is 0 Å². The fraction of sp³-hybridized carbons (Fsp3) is 1.00. The molecule has 0 atom stereocenters. The van der Waals surface area contributed by atoms with Crippen molar-refractivity contribution >= 4 is 0 Å². The smallest absolute Gasteiger partial charge is 0.139 e. The molecule has 0 aromatic carbocycles. The zero-order chi connectivity index (χ0) is 7.47. The predicted octanol–water partition coefficient (Wildman–Crippen LogP) is -7.17. The summed E-state index contributed by atoms with van der Waals surface area (Å²) in [5.41, 5.74) is 0. The second-order valence-corrected chi connectivity index (χ2v) is 4.48. The number of quaternary nitrogens is 1. The van der Waals surface area contributed by atoms with Gasteiger partial charge in [0.15, 0.2) is 0 Å². The molecule has 4 fully saturated rings. The molecule has 0 spiro atoms. The molecule has 16 heavy (non-hydrogen) atoms. The Morgan fingerprint density at radius 1 is 0.688 bits per heavy atom. The van der Waals surface area contributed by atoms with Gasteiger partial charge in [0.2, 0.25) is 0 Å². The van der Waals surface area contributed by atoms with Crippen molar-refractivity contribution in [1.82, 2.24) is 14.7 Å². The first-order chi connectivity index (χ1) is 5.23. The van der Waals surface area contributed by atoms with Crippen molar-refractivity contribution in [1.29, 1.82) is 0 Å². The van der Waals surface area contributed by atoms with Crippen molar-refractivity contribution in [2.45, 2.75) is 0 Å². The fourth-order valence-electron chi connectivity index (χ4n) is 2.83. The Balaban J connectivity index is -0.000000338.